The van der Waals surface area contributed by atoms with Crippen LogP contribution >= 0.6 is 0 Å². The maximum atomic E-state index is 6.09. The number of hydrogen-bond donors (Lipinski definition) is 1. The third-order valence-electron chi connectivity index (χ3n) is 4.95. The zero-order chi connectivity index (χ0) is 17.2. The smallest absolute Gasteiger partial charge is 0.145 e. The maximum Gasteiger partial charge on any atom is 0.145 e. The van der Waals surface area contributed by atoms with Gasteiger partial charge in [0, 0.05) is 57.0 Å². The van der Waals surface area contributed by atoms with Gasteiger partial charge in [0.05, 0.1) is 12.1 Å². The highest BCUT2D eigenvalue weighted by Crippen LogP contribution is 2.18. The molecule has 1 saturated heterocycles. The predicted molar refractivity (Wildman–Crippen MR) is 99.9 cm³/mol. The molecule has 3 aromatic rings. The standard InChI is InChI=1S/C19H24N6/c1-23-8-4-5-15(23)13-24-9-11-25(12-10-24)14-18-21-17-7-3-2-6-16(17)19(20)22-18/h2-8H,9-14H2,1H3,(H2,20,21,22). The Morgan fingerprint density at radius 3 is 2.36 bits per heavy atom. The summed E-state index contributed by atoms with van der Waals surface area (Å²) in [6.07, 6.45) is 2.10. The lowest BCUT2D eigenvalue weighted by Gasteiger charge is -2.34. The van der Waals surface area contributed by atoms with Gasteiger partial charge in [0.15, 0.2) is 0 Å². The molecule has 1 fully saturated rings. The number of aromatic nitrogens is 3. The van der Waals surface area contributed by atoms with E-state index in [-0.39, 0.29) is 0 Å². The van der Waals surface area contributed by atoms with E-state index in [1.165, 1.54) is 5.69 Å². The highest BCUT2D eigenvalue weighted by Gasteiger charge is 2.19. The SMILES string of the molecule is Cn1cccc1CN1CCN(Cc2nc(N)c3ccccc3n2)CC1. The first-order valence-electron chi connectivity index (χ1n) is 8.75. The van der Waals surface area contributed by atoms with Crippen LogP contribution in [0, 0.1) is 0 Å². The van der Waals surface area contributed by atoms with Crippen LogP contribution in [0.15, 0.2) is 42.6 Å². The van der Waals surface area contributed by atoms with Gasteiger partial charge in [-0.1, -0.05) is 12.1 Å². The van der Waals surface area contributed by atoms with Crippen LogP contribution in [0.25, 0.3) is 10.9 Å². The molecule has 2 aromatic heterocycles. The van der Waals surface area contributed by atoms with Gasteiger partial charge in [0.1, 0.15) is 11.6 Å². The molecule has 0 aliphatic carbocycles. The Balaban J connectivity index is 1.38. The summed E-state index contributed by atoms with van der Waals surface area (Å²) in [7, 11) is 2.10. The third kappa shape index (κ3) is 3.50. The van der Waals surface area contributed by atoms with Crippen LogP contribution in [0.4, 0.5) is 5.82 Å². The van der Waals surface area contributed by atoms with E-state index in [0.717, 1.165) is 56.0 Å². The third-order valence-corrected chi connectivity index (χ3v) is 4.95. The van der Waals surface area contributed by atoms with Gasteiger partial charge in [0.2, 0.25) is 0 Å². The van der Waals surface area contributed by atoms with Crippen LogP contribution in [0.3, 0.4) is 0 Å². The van der Waals surface area contributed by atoms with Crippen molar-refractivity contribution in [2.45, 2.75) is 13.1 Å². The number of benzene rings is 1. The second kappa shape index (κ2) is 6.82. The van der Waals surface area contributed by atoms with Crippen LogP contribution in [0.5, 0.6) is 0 Å². The minimum absolute atomic E-state index is 0.572. The topological polar surface area (TPSA) is 63.2 Å². The fourth-order valence-corrected chi connectivity index (χ4v) is 3.42. The largest absolute Gasteiger partial charge is 0.383 e. The highest BCUT2D eigenvalue weighted by molar-refractivity contribution is 5.87. The molecular formula is C19H24N6. The van der Waals surface area contributed by atoms with E-state index in [2.05, 4.69) is 49.7 Å². The molecule has 2 N–H and O–H groups in total. The van der Waals surface area contributed by atoms with Gasteiger partial charge in [-0.2, -0.15) is 0 Å². The summed E-state index contributed by atoms with van der Waals surface area (Å²) in [5.74, 6) is 1.38. The Hall–Kier alpha value is -2.44. The van der Waals surface area contributed by atoms with Crippen molar-refractivity contribution in [1.82, 2.24) is 24.3 Å². The van der Waals surface area contributed by atoms with Gasteiger partial charge in [-0.3, -0.25) is 9.80 Å². The number of piperazine rings is 1. The van der Waals surface area contributed by atoms with Gasteiger partial charge in [-0.25, -0.2) is 9.97 Å². The van der Waals surface area contributed by atoms with Crippen LogP contribution < -0.4 is 5.73 Å². The van der Waals surface area contributed by atoms with Crippen molar-refractivity contribution in [3.63, 3.8) is 0 Å². The number of nitrogens with zero attached hydrogens (tertiary/aromatic N) is 5. The molecule has 0 bridgehead atoms. The average Bonchev–Trinajstić information content (AvgIpc) is 3.02. The van der Waals surface area contributed by atoms with Crippen LogP contribution in [-0.2, 0) is 20.1 Å². The lowest BCUT2D eigenvalue weighted by Crippen LogP contribution is -2.45. The molecule has 0 spiro atoms. The Morgan fingerprint density at radius 1 is 0.920 bits per heavy atom. The Kier molecular flexibility index (Phi) is 4.38. The molecule has 6 heteroatoms. The predicted octanol–water partition coefficient (Wildman–Crippen LogP) is 1.87. The van der Waals surface area contributed by atoms with E-state index in [9.17, 15) is 0 Å². The number of para-hydroxylation sites is 1. The van der Waals surface area contributed by atoms with E-state index in [0.29, 0.717) is 5.82 Å². The Labute approximate surface area is 147 Å². The number of nitrogen functional groups attached to an aromatic ring is 1. The number of anilines is 1. The number of hydrogen-bond acceptors (Lipinski definition) is 5. The lowest BCUT2D eigenvalue weighted by molar-refractivity contribution is 0.118. The van der Waals surface area contributed by atoms with Crippen LogP contribution in [0.1, 0.15) is 11.5 Å². The van der Waals surface area contributed by atoms with Crippen molar-refractivity contribution in [3.8, 4) is 0 Å². The Morgan fingerprint density at radius 2 is 1.64 bits per heavy atom. The second-order valence-electron chi connectivity index (χ2n) is 6.70. The van der Waals surface area contributed by atoms with Crippen molar-refractivity contribution in [3.05, 3.63) is 54.1 Å². The average molecular weight is 336 g/mol. The number of aryl methyl sites for hydroxylation is 1. The zero-order valence-corrected chi connectivity index (χ0v) is 14.6. The van der Waals surface area contributed by atoms with E-state index in [1.807, 2.05) is 24.3 Å². The van der Waals surface area contributed by atoms with Crippen LogP contribution in [-0.4, -0.2) is 50.5 Å². The first-order chi connectivity index (χ1) is 12.2. The summed E-state index contributed by atoms with van der Waals surface area (Å²) in [5.41, 5.74) is 8.38. The molecule has 0 amide bonds. The maximum absolute atomic E-state index is 6.09. The molecule has 0 unspecified atom stereocenters. The van der Waals surface area contributed by atoms with Gasteiger partial charge in [-0.15, -0.1) is 0 Å². The molecule has 1 aromatic carbocycles. The summed E-state index contributed by atoms with van der Waals surface area (Å²) < 4.78 is 2.19. The Bertz CT molecular complexity index is 863. The molecule has 4 rings (SSSR count). The fourth-order valence-electron chi connectivity index (χ4n) is 3.42. The summed E-state index contributed by atoms with van der Waals surface area (Å²) in [4.78, 5) is 14.1. The summed E-state index contributed by atoms with van der Waals surface area (Å²) in [6, 6.07) is 12.2. The normalized spacial score (nSPS) is 16.5. The zero-order valence-electron chi connectivity index (χ0n) is 14.6. The molecule has 25 heavy (non-hydrogen) atoms. The molecule has 0 saturated carbocycles. The van der Waals surface area contributed by atoms with Crippen LogP contribution in [0.2, 0.25) is 0 Å². The van der Waals surface area contributed by atoms with Crippen molar-refractivity contribution in [2.24, 2.45) is 7.05 Å². The van der Waals surface area contributed by atoms with Crippen molar-refractivity contribution < 1.29 is 0 Å². The van der Waals surface area contributed by atoms with Gasteiger partial charge >= 0.3 is 0 Å². The molecule has 1 aliphatic heterocycles. The van der Waals surface area contributed by atoms with E-state index in [4.69, 9.17) is 5.73 Å². The molecule has 0 radical (unpaired) electrons. The second-order valence-corrected chi connectivity index (χ2v) is 6.70. The van der Waals surface area contributed by atoms with E-state index >= 15 is 0 Å². The number of fused-ring (bicyclic) bond motifs is 1. The molecule has 6 nitrogen and oxygen atoms in total. The molecule has 3 heterocycles. The highest BCUT2D eigenvalue weighted by atomic mass is 15.3. The molecule has 130 valence electrons. The summed E-state index contributed by atoms with van der Waals surface area (Å²) >= 11 is 0. The van der Waals surface area contributed by atoms with Gasteiger partial charge < -0.3 is 10.3 Å². The summed E-state index contributed by atoms with van der Waals surface area (Å²) in [6.45, 7) is 5.95. The molecule has 1 aliphatic rings. The van der Waals surface area contributed by atoms with Gasteiger partial charge in [-0.05, 0) is 24.3 Å². The summed E-state index contributed by atoms with van der Waals surface area (Å²) in [5, 5.41) is 0.929. The monoisotopic (exact) mass is 336 g/mol. The minimum atomic E-state index is 0.572. The minimum Gasteiger partial charge on any atom is -0.383 e. The van der Waals surface area contributed by atoms with E-state index in [1.54, 1.807) is 0 Å². The lowest BCUT2D eigenvalue weighted by atomic mass is 10.2. The van der Waals surface area contributed by atoms with Crippen molar-refractivity contribution >= 4 is 16.7 Å². The number of rotatable bonds is 4. The first-order valence-corrected chi connectivity index (χ1v) is 8.75. The van der Waals surface area contributed by atoms with Crippen molar-refractivity contribution in [2.75, 3.05) is 31.9 Å². The van der Waals surface area contributed by atoms with Crippen molar-refractivity contribution in [1.29, 1.82) is 0 Å². The first kappa shape index (κ1) is 16.1. The number of nitrogens with two attached hydrogens (primary N) is 1. The fraction of sp³-hybridized carbons (Fsp3) is 0.368. The van der Waals surface area contributed by atoms with Gasteiger partial charge in [0.25, 0.3) is 0 Å². The van der Waals surface area contributed by atoms with E-state index < -0.39 is 0 Å². The quantitative estimate of drug-likeness (QED) is 0.788. The molecular weight excluding hydrogens is 312 g/mol. The molecule has 0 atom stereocenters.